The Morgan fingerprint density at radius 3 is 2.50 bits per heavy atom. The average molecular weight is 620 g/mol. The summed E-state index contributed by atoms with van der Waals surface area (Å²) >= 11 is 5.71. The van der Waals surface area contributed by atoms with Crippen LogP contribution in [0.4, 0.5) is 5.69 Å². The molecule has 0 radical (unpaired) electrons. The smallest absolute Gasteiger partial charge is 0.266 e. The first-order valence-corrected chi connectivity index (χ1v) is 16.0. The number of halogens is 1. The van der Waals surface area contributed by atoms with Gasteiger partial charge in [0.15, 0.2) is 5.60 Å². The number of aromatic amines is 1. The Morgan fingerprint density at radius 2 is 1.82 bits per heavy atom. The molecule has 1 aliphatic carbocycles. The molecule has 2 saturated heterocycles. The fourth-order valence-corrected chi connectivity index (χ4v) is 6.45. The van der Waals surface area contributed by atoms with Crippen LogP contribution in [-0.2, 0) is 16.1 Å². The van der Waals surface area contributed by atoms with E-state index in [-0.39, 0.29) is 17.7 Å². The van der Waals surface area contributed by atoms with Crippen molar-refractivity contribution in [1.82, 2.24) is 30.0 Å². The summed E-state index contributed by atoms with van der Waals surface area (Å²) in [6, 6.07) is 16.7. The van der Waals surface area contributed by atoms with Crippen LogP contribution in [0.15, 0.2) is 60.9 Å². The van der Waals surface area contributed by atoms with Gasteiger partial charge in [0, 0.05) is 75.4 Å². The van der Waals surface area contributed by atoms with Gasteiger partial charge in [-0.2, -0.15) is 10.0 Å². The van der Waals surface area contributed by atoms with E-state index < -0.39 is 5.60 Å². The van der Waals surface area contributed by atoms with Crippen molar-refractivity contribution < 1.29 is 14.3 Å². The zero-order chi connectivity index (χ0) is 30.7. The molecule has 11 heteroatoms. The van der Waals surface area contributed by atoms with Gasteiger partial charge in [-0.1, -0.05) is 30.3 Å². The Morgan fingerprint density at radius 1 is 1.05 bits per heavy atom. The van der Waals surface area contributed by atoms with E-state index in [1.54, 1.807) is 0 Å². The highest BCUT2D eigenvalue weighted by Crippen LogP contribution is 2.34. The SMILES string of the molecule is CC(C)(Oc1cccc(N2CCC[C@@H](C(=O)N(Cc3ccc(-c4cn[nH]c4)cc3)C3CC3)C2)c1)C(=O)N1CCN(NCl)CC1. The summed E-state index contributed by atoms with van der Waals surface area (Å²) in [6.07, 6.45) is 7.69. The highest BCUT2D eigenvalue weighted by Gasteiger charge is 2.38. The van der Waals surface area contributed by atoms with Crippen LogP contribution >= 0.6 is 11.8 Å². The van der Waals surface area contributed by atoms with Crippen LogP contribution < -0.4 is 14.6 Å². The van der Waals surface area contributed by atoms with E-state index in [9.17, 15) is 9.59 Å². The van der Waals surface area contributed by atoms with Crippen molar-refractivity contribution in [2.24, 2.45) is 5.92 Å². The molecule has 0 bridgehead atoms. The molecule has 6 rings (SSSR count). The molecule has 2 amide bonds. The number of hydrazine groups is 1. The molecule has 2 N–H and O–H groups in total. The van der Waals surface area contributed by atoms with Crippen molar-refractivity contribution >= 4 is 29.3 Å². The van der Waals surface area contributed by atoms with E-state index in [4.69, 9.17) is 16.5 Å². The molecule has 1 aromatic heterocycles. The van der Waals surface area contributed by atoms with Gasteiger partial charge in [-0.05, 0) is 74.6 Å². The summed E-state index contributed by atoms with van der Waals surface area (Å²) in [5.41, 5.74) is 3.30. The predicted octanol–water partition coefficient (Wildman–Crippen LogP) is 4.44. The van der Waals surface area contributed by atoms with Crippen LogP contribution in [0, 0.1) is 5.92 Å². The molecule has 1 saturated carbocycles. The molecule has 234 valence electrons. The molecule has 2 aliphatic heterocycles. The minimum atomic E-state index is -1.02. The van der Waals surface area contributed by atoms with Crippen LogP contribution in [0.25, 0.3) is 11.1 Å². The van der Waals surface area contributed by atoms with Gasteiger partial charge in [-0.15, -0.1) is 0 Å². The summed E-state index contributed by atoms with van der Waals surface area (Å²) < 4.78 is 6.30. The topological polar surface area (TPSA) is 97.0 Å². The lowest BCUT2D eigenvalue weighted by molar-refractivity contribution is -0.147. The number of H-pyrrole nitrogens is 1. The Labute approximate surface area is 264 Å². The number of carbonyl (C=O) groups is 2. The van der Waals surface area contributed by atoms with E-state index in [1.165, 1.54) is 0 Å². The first kappa shape index (κ1) is 30.4. The lowest BCUT2D eigenvalue weighted by Gasteiger charge is -2.38. The number of piperidine rings is 1. The Balaban J connectivity index is 1.09. The monoisotopic (exact) mass is 619 g/mol. The molecule has 2 aromatic carbocycles. The predicted molar refractivity (Wildman–Crippen MR) is 171 cm³/mol. The number of piperazine rings is 1. The third-order valence-corrected chi connectivity index (χ3v) is 9.18. The normalized spacial score (nSPS) is 19.6. The molecule has 0 spiro atoms. The number of carbonyl (C=O) groups excluding carboxylic acids is 2. The highest BCUT2D eigenvalue weighted by atomic mass is 35.5. The number of anilines is 1. The van der Waals surface area contributed by atoms with Gasteiger partial charge in [0.2, 0.25) is 5.91 Å². The molecule has 3 heterocycles. The molecule has 1 atom stereocenters. The Hall–Kier alpha value is -3.60. The van der Waals surface area contributed by atoms with Crippen molar-refractivity contribution in [3.8, 4) is 16.9 Å². The fraction of sp³-hybridized carbons (Fsp3) is 0.485. The molecular formula is C33H42ClN7O3. The quantitative estimate of drug-likeness (QED) is 0.324. The van der Waals surface area contributed by atoms with E-state index >= 15 is 0 Å². The number of aromatic nitrogens is 2. The molecular weight excluding hydrogens is 578 g/mol. The van der Waals surface area contributed by atoms with Crippen molar-refractivity contribution in [2.75, 3.05) is 44.2 Å². The number of nitrogens with zero attached hydrogens (tertiary/aromatic N) is 5. The van der Waals surface area contributed by atoms with Gasteiger partial charge in [-0.3, -0.25) is 14.7 Å². The second-order valence-corrected chi connectivity index (χ2v) is 12.8. The Kier molecular flexibility index (Phi) is 9.11. The van der Waals surface area contributed by atoms with Crippen LogP contribution in [0.5, 0.6) is 5.75 Å². The summed E-state index contributed by atoms with van der Waals surface area (Å²) in [5.74, 6) is 0.795. The number of hydrogen-bond acceptors (Lipinski definition) is 7. The van der Waals surface area contributed by atoms with Crippen molar-refractivity contribution in [3.63, 3.8) is 0 Å². The molecule has 0 unspecified atom stereocenters. The van der Waals surface area contributed by atoms with Crippen LogP contribution in [0.2, 0.25) is 0 Å². The number of ether oxygens (including phenoxy) is 1. The van der Waals surface area contributed by atoms with E-state index in [2.05, 4.69) is 55.3 Å². The van der Waals surface area contributed by atoms with Crippen LogP contribution in [0.3, 0.4) is 0 Å². The van der Waals surface area contributed by atoms with Gasteiger partial charge in [-0.25, -0.2) is 5.01 Å². The zero-order valence-corrected chi connectivity index (χ0v) is 26.3. The molecule has 44 heavy (non-hydrogen) atoms. The van der Waals surface area contributed by atoms with Crippen molar-refractivity contribution in [3.05, 3.63) is 66.5 Å². The maximum atomic E-state index is 13.9. The van der Waals surface area contributed by atoms with E-state index in [1.807, 2.05) is 54.3 Å². The summed E-state index contributed by atoms with van der Waals surface area (Å²) in [4.78, 5) is 36.1. The molecule has 10 nitrogen and oxygen atoms in total. The minimum absolute atomic E-state index is 0.0444. The van der Waals surface area contributed by atoms with Gasteiger partial charge in [0.05, 0.1) is 12.1 Å². The second kappa shape index (κ2) is 13.2. The highest BCUT2D eigenvalue weighted by molar-refractivity contribution is 6.13. The number of rotatable bonds is 10. The van der Waals surface area contributed by atoms with Crippen molar-refractivity contribution in [2.45, 2.75) is 57.7 Å². The summed E-state index contributed by atoms with van der Waals surface area (Å²) in [7, 11) is 0. The average Bonchev–Trinajstić information content (AvgIpc) is 3.75. The first-order valence-electron chi connectivity index (χ1n) is 15.6. The van der Waals surface area contributed by atoms with Gasteiger partial charge in [0.1, 0.15) is 5.75 Å². The Bertz CT molecular complexity index is 1420. The number of benzene rings is 2. The third-order valence-electron chi connectivity index (χ3n) is 8.94. The molecule has 3 aliphatic rings. The summed E-state index contributed by atoms with van der Waals surface area (Å²) in [5, 5.41) is 8.78. The largest absolute Gasteiger partial charge is 0.478 e. The number of hydrogen-bond donors (Lipinski definition) is 2. The van der Waals surface area contributed by atoms with Crippen LogP contribution in [-0.4, -0.2) is 87.7 Å². The third kappa shape index (κ3) is 7.03. The zero-order valence-electron chi connectivity index (χ0n) is 25.5. The van der Waals surface area contributed by atoms with Gasteiger partial charge in [0.25, 0.3) is 5.91 Å². The number of nitrogens with one attached hydrogen (secondary N) is 2. The molecule has 3 aromatic rings. The first-order chi connectivity index (χ1) is 21.3. The molecule has 3 fully saturated rings. The van der Waals surface area contributed by atoms with E-state index in [0.717, 1.165) is 54.6 Å². The van der Waals surface area contributed by atoms with E-state index in [0.29, 0.717) is 51.1 Å². The standard InChI is InChI=1S/C33H42ClN7O3/c1-33(2,32(43)38-15-17-40(37-34)18-16-38)44-30-7-3-6-29(19-30)39-14-4-5-26(23-39)31(42)41(28-12-13-28)22-24-8-10-25(11-9-24)27-20-35-36-21-27/h3,6-11,19-21,26,28,37H,4-5,12-18,22-23H2,1-2H3,(H,35,36)/t26-/m1/s1. The van der Waals surface area contributed by atoms with Gasteiger partial charge < -0.3 is 19.4 Å². The lowest BCUT2D eigenvalue weighted by Crippen LogP contribution is -2.57. The summed E-state index contributed by atoms with van der Waals surface area (Å²) in [6.45, 7) is 8.32. The lowest BCUT2D eigenvalue weighted by atomic mass is 9.95. The fourth-order valence-electron chi connectivity index (χ4n) is 6.29. The van der Waals surface area contributed by atoms with Gasteiger partial charge >= 0.3 is 0 Å². The maximum absolute atomic E-state index is 13.9. The second-order valence-electron chi connectivity index (χ2n) is 12.6. The minimum Gasteiger partial charge on any atom is -0.478 e. The van der Waals surface area contributed by atoms with Crippen LogP contribution in [0.1, 0.15) is 45.1 Å². The number of amides is 2. The van der Waals surface area contributed by atoms with Crippen molar-refractivity contribution in [1.29, 1.82) is 0 Å². The maximum Gasteiger partial charge on any atom is 0.266 e.